The molecule has 1 aliphatic rings. The van der Waals surface area contributed by atoms with Gasteiger partial charge >= 0.3 is 5.97 Å². The topological polar surface area (TPSA) is 66.4 Å². The van der Waals surface area contributed by atoms with E-state index in [9.17, 15) is 9.59 Å². The summed E-state index contributed by atoms with van der Waals surface area (Å²) in [5, 5.41) is 12.0. The second kappa shape index (κ2) is 5.51. The number of aryl methyl sites for hydroxylation is 1. The number of nitrogens with one attached hydrogen (secondary N) is 1. The summed E-state index contributed by atoms with van der Waals surface area (Å²) in [7, 11) is 0. The van der Waals surface area contributed by atoms with Crippen LogP contribution in [0.4, 0.5) is 0 Å². The third-order valence-electron chi connectivity index (χ3n) is 4.37. The van der Waals surface area contributed by atoms with Gasteiger partial charge in [-0.2, -0.15) is 0 Å². The first-order valence-corrected chi connectivity index (χ1v) is 7.37. The van der Waals surface area contributed by atoms with Gasteiger partial charge in [0.25, 0.3) is 0 Å². The Morgan fingerprint density at radius 1 is 1.33 bits per heavy atom. The van der Waals surface area contributed by atoms with Crippen molar-refractivity contribution in [2.75, 3.05) is 6.54 Å². The van der Waals surface area contributed by atoms with Gasteiger partial charge in [0.1, 0.15) is 0 Å². The highest BCUT2D eigenvalue weighted by atomic mass is 16.4. The third kappa shape index (κ3) is 3.26. The van der Waals surface area contributed by atoms with Crippen molar-refractivity contribution in [1.29, 1.82) is 0 Å². The Morgan fingerprint density at radius 2 is 2.00 bits per heavy atom. The molecule has 0 spiro atoms. The van der Waals surface area contributed by atoms with Gasteiger partial charge in [-0.25, -0.2) is 0 Å². The Morgan fingerprint density at radius 3 is 2.52 bits per heavy atom. The predicted octanol–water partition coefficient (Wildman–Crippen LogP) is 2.64. The van der Waals surface area contributed by atoms with Crippen LogP contribution < -0.4 is 5.32 Å². The monoisotopic (exact) mass is 289 g/mol. The molecular weight excluding hydrogens is 266 g/mol. The minimum Gasteiger partial charge on any atom is -0.481 e. The summed E-state index contributed by atoms with van der Waals surface area (Å²) in [6.45, 7) is 5.77. The standard InChI is InChI=1S/C17H23NO3/c1-12-5-4-6-13(11-12)17(7-8-17)14(19)18-10-9-16(2,3)15(20)21/h4-6,11H,7-10H2,1-3H3,(H,18,19)(H,20,21). The van der Waals surface area contributed by atoms with Crippen LogP contribution in [0.1, 0.15) is 44.2 Å². The van der Waals surface area contributed by atoms with Crippen LogP contribution in [0.3, 0.4) is 0 Å². The quantitative estimate of drug-likeness (QED) is 0.846. The lowest BCUT2D eigenvalue weighted by atomic mass is 9.89. The van der Waals surface area contributed by atoms with E-state index >= 15 is 0 Å². The zero-order chi connectivity index (χ0) is 15.7. The fourth-order valence-electron chi connectivity index (χ4n) is 2.48. The van der Waals surface area contributed by atoms with Crippen molar-refractivity contribution in [2.24, 2.45) is 5.41 Å². The number of aliphatic carboxylic acids is 1. The van der Waals surface area contributed by atoms with E-state index in [0.717, 1.165) is 24.0 Å². The summed E-state index contributed by atoms with van der Waals surface area (Å²) < 4.78 is 0. The first-order chi connectivity index (χ1) is 9.78. The number of benzene rings is 1. The van der Waals surface area contributed by atoms with E-state index in [1.807, 2.05) is 25.1 Å². The van der Waals surface area contributed by atoms with Gasteiger partial charge in [0, 0.05) is 6.54 Å². The van der Waals surface area contributed by atoms with E-state index in [4.69, 9.17) is 5.11 Å². The first kappa shape index (κ1) is 15.5. The lowest BCUT2D eigenvalue weighted by Gasteiger charge is -2.21. The predicted molar refractivity (Wildman–Crippen MR) is 81.1 cm³/mol. The van der Waals surface area contributed by atoms with Crippen LogP contribution in [-0.2, 0) is 15.0 Å². The van der Waals surface area contributed by atoms with Gasteiger partial charge < -0.3 is 10.4 Å². The molecule has 0 atom stereocenters. The molecule has 4 heteroatoms. The van der Waals surface area contributed by atoms with E-state index in [1.54, 1.807) is 13.8 Å². The molecule has 0 aliphatic heterocycles. The van der Waals surface area contributed by atoms with E-state index in [0.29, 0.717) is 13.0 Å². The first-order valence-electron chi connectivity index (χ1n) is 7.37. The molecule has 1 amide bonds. The summed E-state index contributed by atoms with van der Waals surface area (Å²) in [5.74, 6) is -0.814. The number of carboxylic acids is 1. The molecule has 1 aliphatic carbocycles. The molecular formula is C17H23NO3. The lowest BCUT2D eigenvalue weighted by molar-refractivity contribution is -0.147. The van der Waals surface area contributed by atoms with Crippen molar-refractivity contribution >= 4 is 11.9 Å². The second-order valence-corrected chi connectivity index (χ2v) is 6.65. The van der Waals surface area contributed by atoms with Crippen LogP contribution in [-0.4, -0.2) is 23.5 Å². The molecule has 1 aromatic rings. The number of hydrogen-bond acceptors (Lipinski definition) is 2. The van der Waals surface area contributed by atoms with Gasteiger partial charge in [-0.1, -0.05) is 29.8 Å². The average Bonchev–Trinajstić information content (AvgIpc) is 3.19. The number of hydrogen-bond donors (Lipinski definition) is 2. The highest BCUT2D eigenvalue weighted by Crippen LogP contribution is 2.48. The van der Waals surface area contributed by atoms with Crippen molar-refractivity contribution in [2.45, 2.75) is 45.4 Å². The zero-order valence-electron chi connectivity index (χ0n) is 12.9. The Bertz CT molecular complexity index is 559. The van der Waals surface area contributed by atoms with Gasteiger partial charge in [0.05, 0.1) is 10.8 Å². The van der Waals surface area contributed by atoms with Gasteiger partial charge in [0.2, 0.25) is 5.91 Å². The Hall–Kier alpha value is -1.84. The summed E-state index contributed by atoms with van der Waals surface area (Å²) in [4.78, 5) is 23.5. The largest absolute Gasteiger partial charge is 0.481 e. The molecule has 114 valence electrons. The minimum atomic E-state index is -0.837. The van der Waals surface area contributed by atoms with E-state index in [1.165, 1.54) is 0 Å². The molecule has 21 heavy (non-hydrogen) atoms. The normalized spacial score (nSPS) is 16.3. The molecule has 4 nitrogen and oxygen atoms in total. The van der Waals surface area contributed by atoms with Crippen LogP contribution in [0.25, 0.3) is 0 Å². The maximum Gasteiger partial charge on any atom is 0.309 e. The molecule has 0 aromatic heterocycles. The van der Waals surface area contributed by atoms with Crippen molar-refractivity contribution < 1.29 is 14.7 Å². The van der Waals surface area contributed by atoms with Gasteiger partial charge in [-0.05, 0) is 45.6 Å². The fraction of sp³-hybridized carbons (Fsp3) is 0.529. The zero-order valence-corrected chi connectivity index (χ0v) is 12.9. The maximum absolute atomic E-state index is 12.4. The number of carbonyl (C=O) groups is 2. The van der Waals surface area contributed by atoms with Crippen LogP contribution >= 0.6 is 0 Å². The molecule has 1 fully saturated rings. The highest BCUT2D eigenvalue weighted by molar-refractivity contribution is 5.91. The lowest BCUT2D eigenvalue weighted by Crippen LogP contribution is -2.38. The SMILES string of the molecule is Cc1cccc(C2(C(=O)NCCC(C)(C)C(=O)O)CC2)c1. The molecule has 2 N–H and O–H groups in total. The molecule has 0 heterocycles. The molecule has 1 aromatic carbocycles. The summed E-state index contributed by atoms with van der Waals surface area (Å²) >= 11 is 0. The van der Waals surface area contributed by atoms with Crippen molar-refractivity contribution in [3.63, 3.8) is 0 Å². The molecule has 0 radical (unpaired) electrons. The summed E-state index contributed by atoms with van der Waals surface area (Å²) in [6.07, 6.45) is 2.16. The summed E-state index contributed by atoms with van der Waals surface area (Å²) in [6, 6.07) is 8.06. The Labute approximate surface area is 125 Å². The average molecular weight is 289 g/mol. The molecule has 0 unspecified atom stereocenters. The number of rotatable bonds is 6. The summed E-state index contributed by atoms with van der Waals surface area (Å²) in [5.41, 5.74) is 1.02. The van der Waals surface area contributed by atoms with E-state index in [-0.39, 0.29) is 11.3 Å². The van der Waals surface area contributed by atoms with Gasteiger partial charge in [-0.3, -0.25) is 9.59 Å². The Kier molecular flexibility index (Phi) is 4.08. The van der Waals surface area contributed by atoms with E-state index < -0.39 is 11.4 Å². The number of carboxylic acid groups (broad SMARTS) is 1. The van der Waals surface area contributed by atoms with Gasteiger partial charge in [-0.15, -0.1) is 0 Å². The smallest absolute Gasteiger partial charge is 0.309 e. The number of carbonyl (C=O) groups excluding carboxylic acids is 1. The van der Waals surface area contributed by atoms with Crippen LogP contribution in [0, 0.1) is 12.3 Å². The second-order valence-electron chi connectivity index (χ2n) is 6.65. The van der Waals surface area contributed by atoms with Crippen LogP contribution in [0.2, 0.25) is 0 Å². The van der Waals surface area contributed by atoms with Crippen molar-refractivity contribution in [3.05, 3.63) is 35.4 Å². The third-order valence-corrected chi connectivity index (χ3v) is 4.37. The van der Waals surface area contributed by atoms with Gasteiger partial charge in [0.15, 0.2) is 0 Å². The Balaban J connectivity index is 1.96. The van der Waals surface area contributed by atoms with Crippen molar-refractivity contribution in [1.82, 2.24) is 5.32 Å². The molecule has 1 saturated carbocycles. The number of amides is 1. The van der Waals surface area contributed by atoms with E-state index in [2.05, 4.69) is 11.4 Å². The van der Waals surface area contributed by atoms with Crippen LogP contribution in [0.5, 0.6) is 0 Å². The highest BCUT2D eigenvalue weighted by Gasteiger charge is 2.51. The fourth-order valence-corrected chi connectivity index (χ4v) is 2.48. The molecule has 2 rings (SSSR count). The molecule has 0 bridgehead atoms. The van der Waals surface area contributed by atoms with Crippen LogP contribution in [0.15, 0.2) is 24.3 Å². The maximum atomic E-state index is 12.4. The van der Waals surface area contributed by atoms with Crippen molar-refractivity contribution in [3.8, 4) is 0 Å². The minimum absolute atomic E-state index is 0.0225. The molecule has 0 saturated heterocycles.